The summed E-state index contributed by atoms with van der Waals surface area (Å²) in [5, 5.41) is 3.63. The SMILES string of the molecule is C/C=C/c1ccc(OCC(=O)Nc2nc3c(s2)CCCCCCCCCC3)c(OCC)c1. The van der Waals surface area contributed by atoms with Crippen LogP contribution < -0.4 is 14.8 Å². The molecule has 0 atom stereocenters. The van der Waals surface area contributed by atoms with Crippen LogP contribution in [0.25, 0.3) is 6.08 Å². The third-order valence-electron chi connectivity index (χ3n) is 5.58. The number of rotatable bonds is 7. The first-order chi connectivity index (χ1) is 15.7. The summed E-state index contributed by atoms with van der Waals surface area (Å²) in [6, 6.07) is 5.72. The number of amides is 1. The van der Waals surface area contributed by atoms with Crippen molar-refractivity contribution in [1.82, 2.24) is 4.98 Å². The predicted octanol–water partition coefficient (Wildman–Crippen LogP) is 6.81. The molecule has 0 aliphatic heterocycles. The number of hydrogen-bond donors (Lipinski definition) is 1. The maximum atomic E-state index is 12.6. The van der Waals surface area contributed by atoms with Crippen molar-refractivity contribution in [2.75, 3.05) is 18.5 Å². The van der Waals surface area contributed by atoms with Crippen molar-refractivity contribution in [3.05, 3.63) is 40.4 Å². The highest BCUT2D eigenvalue weighted by Crippen LogP contribution is 2.30. The Kier molecular flexibility index (Phi) is 10.1. The maximum absolute atomic E-state index is 12.6. The van der Waals surface area contributed by atoms with E-state index < -0.39 is 0 Å². The number of aromatic nitrogens is 1. The lowest BCUT2D eigenvalue weighted by molar-refractivity contribution is -0.118. The van der Waals surface area contributed by atoms with Crippen LogP contribution in [0.5, 0.6) is 11.5 Å². The highest BCUT2D eigenvalue weighted by atomic mass is 32.1. The maximum Gasteiger partial charge on any atom is 0.264 e. The highest BCUT2D eigenvalue weighted by Gasteiger charge is 2.15. The number of benzene rings is 1. The van der Waals surface area contributed by atoms with Gasteiger partial charge in [-0.1, -0.05) is 56.7 Å². The molecule has 1 amide bonds. The van der Waals surface area contributed by atoms with E-state index in [4.69, 9.17) is 14.5 Å². The molecule has 3 rings (SSSR count). The molecule has 0 fully saturated rings. The summed E-state index contributed by atoms with van der Waals surface area (Å²) < 4.78 is 11.5. The fraction of sp³-hybridized carbons (Fsp3) is 0.538. The van der Waals surface area contributed by atoms with Crippen molar-refractivity contribution in [3.8, 4) is 11.5 Å². The van der Waals surface area contributed by atoms with Gasteiger partial charge >= 0.3 is 0 Å². The molecule has 0 bridgehead atoms. The fourth-order valence-electron chi connectivity index (χ4n) is 3.97. The zero-order valence-corrected chi connectivity index (χ0v) is 20.3. The molecule has 0 unspecified atom stereocenters. The first-order valence-electron chi connectivity index (χ1n) is 12.0. The monoisotopic (exact) mass is 456 g/mol. The van der Waals surface area contributed by atoms with Gasteiger partial charge in [0.15, 0.2) is 23.2 Å². The second kappa shape index (κ2) is 13.3. The smallest absolute Gasteiger partial charge is 0.264 e. The van der Waals surface area contributed by atoms with E-state index in [1.54, 1.807) is 11.3 Å². The topological polar surface area (TPSA) is 60.5 Å². The lowest BCUT2D eigenvalue weighted by atomic mass is 10.0. The van der Waals surface area contributed by atoms with Gasteiger partial charge in [-0.3, -0.25) is 10.1 Å². The summed E-state index contributed by atoms with van der Waals surface area (Å²) >= 11 is 1.62. The zero-order chi connectivity index (χ0) is 22.6. The number of hydrogen-bond acceptors (Lipinski definition) is 5. The standard InChI is InChI=1S/C26H36N2O3S/c1-3-13-20-16-17-22(23(18-20)30-4-2)31-19-25(29)28-26-27-21-14-11-9-7-5-6-8-10-12-15-24(21)32-26/h3,13,16-18H,4-12,14-15,19H2,1-2H3,(H,27,28,29)/b13-3+. The number of anilines is 1. The van der Waals surface area contributed by atoms with Gasteiger partial charge in [-0.2, -0.15) is 0 Å². The van der Waals surface area contributed by atoms with Gasteiger partial charge < -0.3 is 9.47 Å². The van der Waals surface area contributed by atoms with Crippen LogP contribution in [-0.4, -0.2) is 24.1 Å². The largest absolute Gasteiger partial charge is 0.490 e. The van der Waals surface area contributed by atoms with Gasteiger partial charge in [-0.05, 0) is 57.2 Å². The molecule has 6 heteroatoms. The Morgan fingerprint density at radius 2 is 1.75 bits per heavy atom. The molecule has 0 radical (unpaired) electrons. The first kappa shape index (κ1) is 24.3. The number of aryl methyl sites for hydroxylation is 2. The van der Waals surface area contributed by atoms with Crippen LogP contribution >= 0.6 is 11.3 Å². The minimum Gasteiger partial charge on any atom is -0.490 e. The van der Waals surface area contributed by atoms with E-state index in [1.807, 2.05) is 44.2 Å². The Hall–Kier alpha value is -2.34. The normalized spacial score (nSPS) is 15.4. The molecular formula is C26H36N2O3S. The van der Waals surface area contributed by atoms with E-state index >= 15 is 0 Å². The highest BCUT2D eigenvalue weighted by molar-refractivity contribution is 7.15. The predicted molar refractivity (Wildman–Crippen MR) is 133 cm³/mol. The number of carbonyl (C=O) groups excluding carboxylic acids is 1. The number of thiazole rings is 1. The minimum absolute atomic E-state index is 0.0761. The lowest BCUT2D eigenvalue weighted by Gasteiger charge is -2.12. The molecule has 32 heavy (non-hydrogen) atoms. The number of carbonyl (C=O) groups is 1. The third-order valence-corrected chi connectivity index (χ3v) is 6.65. The molecule has 1 aliphatic rings. The number of nitrogens with zero attached hydrogens (tertiary/aromatic N) is 1. The molecule has 5 nitrogen and oxygen atoms in total. The summed E-state index contributed by atoms with van der Waals surface area (Å²) in [4.78, 5) is 18.6. The molecule has 1 N–H and O–H groups in total. The molecular weight excluding hydrogens is 420 g/mol. The van der Waals surface area contributed by atoms with Crippen molar-refractivity contribution in [3.63, 3.8) is 0 Å². The van der Waals surface area contributed by atoms with E-state index in [1.165, 1.54) is 61.9 Å². The van der Waals surface area contributed by atoms with Crippen LogP contribution in [0.1, 0.15) is 81.3 Å². The second-order valence-corrected chi connectivity index (χ2v) is 9.28. The van der Waals surface area contributed by atoms with Crippen molar-refractivity contribution in [2.45, 2.75) is 78.1 Å². The molecule has 0 saturated carbocycles. The van der Waals surface area contributed by atoms with Crippen molar-refractivity contribution in [1.29, 1.82) is 0 Å². The number of fused-ring (bicyclic) bond motifs is 1. The Morgan fingerprint density at radius 1 is 1.03 bits per heavy atom. The average Bonchev–Trinajstić information content (AvgIpc) is 3.14. The van der Waals surface area contributed by atoms with E-state index in [-0.39, 0.29) is 12.5 Å². The molecule has 1 heterocycles. The van der Waals surface area contributed by atoms with Crippen molar-refractivity contribution in [2.24, 2.45) is 0 Å². The summed E-state index contributed by atoms with van der Waals surface area (Å²) in [5.41, 5.74) is 2.20. The zero-order valence-electron chi connectivity index (χ0n) is 19.5. The molecule has 2 aromatic rings. The minimum atomic E-state index is -0.199. The van der Waals surface area contributed by atoms with Crippen molar-refractivity contribution < 1.29 is 14.3 Å². The second-order valence-electron chi connectivity index (χ2n) is 8.19. The third kappa shape index (κ3) is 7.66. The molecule has 1 aromatic carbocycles. The Morgan fingerprint density at radius 3 is 2.47 bits per heavy atom. The molecule has 174 valence electrons. The van der Waals surface area contributed by atoms with Gasteiger partial charge in [-0.15, -0.1) is 11.3 Å². The molecule has 0 spiro atoms. The molecule has 0 saturated heterocycles. The number of nitrogens with one attached hydrogen (secondary N) is 1. The Bertz CT molecular complexity index is 862. The Balaban J connectivity index is 1.59. The Labute approximate surface area is 196 Å². The van der Waals surface area contributed by atoms with Gasteiger partial charge in [0, 0.05) is 4.88 Å². The summed E-state index contributed by atoms with van der Waals surface area (Å²) in [6.45, 7) is 4.36. The van der Waals surface area contributed by atoms with Crippen LogP contribution in [0.3, 0.4) is 0 Å². The van der Waals surface area contributed by atoms with E-state index in [0.717, 1.165) is 18.4 Å². The van der Waals surface area contributed by atoms with Gasteiger partial charge in [0.1, 0.15) is 0 Å². The van der Waals surface area contributed by atoms with Crippen molar-refractivity contribution >= 4 is 28.5 Å². The van der Waals surface area contributed by atoms with Gasteiger partial charge in [0.05, 0.1) is 12.3 Å². The lowest BCUT2D eigenvalue weighted by Crippen LogP contribution is -2.20. The fourth-order valence-corrected chi connectivity index (χ4v) is 5.04. The van der Waals surface area contributed by atoms with Gasteiger partial charge in [0.25, 0.3) is 5.91 Å². The van der Waals surface area contributed by atoms with Gasteiger partial charge in [-0.25, -0.2) is 4.98 Å². The van der Waals surface area contributed by atoms with Gasteiger partial charge in [0.2, 0.25) is 0 Å². The number of allylic oxidation sites excluding steroid dienone is 1. The summed E-state index contributed by atoms with van der Waals surface area (Å²) in [6.07, 6.45) is 16.3. The van der Waals surface area contributed by atoms with E-state index in [0.29, 0.717) is 23.2 Å². The number of ether oxygens (including phenoxy) is 2. The van der Waals surface area contributed by atoms with E-state index in [9.17, 15) is 4.79 Å². The molecule has 1 aromatic heterocycles. The average molecular weight is 457 g/mol. The van der Waals surface area contributed by atoms with Crippen LogP contribution in [0.15, 0.2) is 24.3 Å². The van der Waals surface area contributed by atoms with Crippen LogP contribution in [0.2, 0.25) is 0 Å². The van der Waals surface area contributed by atoms with Crippen LogP contribution in [-0.2, 0) is 17.6 Å². The quantitative estimate of drug-likeness (QED) is 0.497. The van der Waals surface area contributed by atoms with E-state index in [2.05, 4.69) is 5.32 Å². The van der Waals surface area contributed by atoms with Crippen LogP contribution in [0.4, 0.5) is 5.13 Å². The first-order valence-corrected chi connectivity index (χ1v) is 12.8. The van der Waals surface area contributed by atoms with Crippen LogP contribution in [0, 0.1) is 0 Å². The molecule has 1 aliphatic carbocycles. The summed E-state index contributed by atoms with van der Waals surface area (Å²) in [7, 11) is 0. The summed E-state index contributed by atoms with van der Waals surface area (Å²) in [5.74, 6) is 1.02.